The standard InChI is InChI=1S/C22H15NO4S2/c1-13-2-8-16(9-3-13)23-20(28)19(29-22(23)26)12-17-10-11-18(27-17)14-4-6-15(7-5-14)21(24)25/h2-12H,1H3,(H,24,25). The van der Waals surface area contributed by atoms with Gasteiger partial charge in [-0.1, -0.05) is 42.0 Å². The van der Waals surface area contributed by atoms with Crippen LogP contribution in [0, 0.1) is 6.92 Å². The summed E-state index contributed by atoms with van der Waals surface area (Å²) in [7, 11) is 0. The Hall–Kier alpha value is -3.16. The number of thiocarbonyl (C=S) groups is 1. The van der Waals surface area contributed by atoms with E-state index >= 15 is 0 Å². The molecule has 0 radical (unpaired) electrons. The molecule has 0 bridgehead atoms. The average molecular weight is 421 g/mol. The fraction of sp³-hybridized carbons (Fsp3) is 0.0455. The lowest BCUT2D eigenvalue weighted by Crippen LogP contribution is -2.26. The number of furan rings is 1. The predicted octanol–water partition coefficient (Wildman–Crippen LogP) is 5.99. The Labute approximate surface area is 176 Å². The van der Waals surface area contributed by atoms with Crippen LogP contribution in [0.5, 0.6) is 0 Å². The van der Waals surface area contributed by atoms with Crippen molar-refractivity contribution in [1.29, 1.82) is 0 Å². The molecule has 29 heavy (non-hydrogen) atoms. The fourth-order valence-electron chi connectivity index (χ4n) is 2.88. The Morgan fingerprint density at radius 1 is 1.07 bits per heavy atom. The van der Waals surface area contributed by atoms with E-state index in [2.05, 4.69) is 0 Å². The van der Waals surface area contributed by atoms with Crippen LogP contribution in [0.3, 0.4) is 0 Å². The van der Waals surface area contributed by atoms with Gasteiger partial charge in [0.05, 0.1) is 16.2 Å². The zero-order valence-corrected chi connectivity index (χ0v) is 16.9. The minimum Gasteiger partial charge on any atom is -0.478 e. The number of rotatable bonds is 4. The van der Waals surface area contributed by atoms with Gasteiger partial charge in [0.2, 0.25) is 0 Å². The third kappa shape index (κ3) is 3.87. The zero-order valence-electron chi connectivity index (χ0n) is 15.3. The SMILES string of the molecule is Cc1ccc(N2C(=O)SC(=Cc3ccc(-c4ccc(C(=O)O)cc4)o3)C2=S)cc1. The number of benzene rings is 2. The molecule has 5 nitrogen and oxygen atoms in total. The smallest absolute Gasteiger partial charge is 0.335 e. The van der Waals surface area contributed by atoms with Gasteiger partial charge in [-0.2, -0.15) is 0 Å². The van der Waals surface area contributed by atoms with Crippen molar-refractivity contribution in [1.82, 2.24) is 0 Å². The van der Waals surface area contributed by atoms with Crippen molar-refractivity contribution in [2.24, 2.45) is 0 Å². The van der Waals surface area contributed by atoms with Crippen LogP contribution in [-0.4, -0.2) is 21.3 Å². The van der Waals surface area contributed by atoms with Crippen molar-refractivity contribution < 1.29 is 19.1 Å². The fourth-order valence-corrected chi connectivity index (χ4v) is 4.14. The third-order valence-corrected chi connectivity index (χ3v) is 5.82. The van der Waals surface area contributed by atoms with Crippen molar-refractivity contribution in [3.8, 4) is 11.3 Å². The molecule has 0 spiro atoms. The van der Waals surface area contributed by atoms with Crippen molar-refractivity contribution in [2.45, 2.75) is 6.92 Å². The van der Waals surface area contributed by atoms with Crippen LogP contribution in [0.4, 0.5) is 10.5 Å². The van der Waals surface area contributed by atoms with Gasteiger partial charge in [-0.15, -0.1) is 0 Å². The maximum Gasteiger partial charge on any atom is 0.335 e. The highest BCUT2D eigenvalue weighted by Crippen LogP contribution is 2.37. The highest BCUT2D eigenvalue weighted by Gasteiger charge is 2.33. The van der Waals surface area contributed by atoms with Crippen LogP contribution >= 0.6 is 24.0 Å². The van der Waals surface area contributed by atoms with Crippen LogP contribution in [-0.2, 0) is 0 Å². The molecule has 1 aliphatic rings. The number of hydrogen-bond acceptors (Lipinski definition) is 5. The van der Waals surface area contributed by atoms with Crippen molar-refractivity contribution >= 4 is 51.9 Å². The number of amides is 1. The van der Waals surface area contributed by atoms with Crippen LogP contribution in [0.25, 0.3) is 17.4 Å². The van der Waals surface area contributed by atoms with Gasteiger partial charge in [-0.25, -0.2) is 4.79 Å². The molecular weight excluding hydrogens is 406 g/mol. The molecule has 1 aliphatic heterocycles. The number of carboxylic acid groups (broad SMARTS) is 1. The first-order valence-corrected chi connectivity index (χ1v) is 9.93. The number of carbonyl (C=O) groups is 2. The second-order valence-corrected chi connectivity index (χ2v) is 7.82. The molecule has 1 aromatic heterocycles. The molecule has 1 amide bonds. The van der Waals surface area contributed by atoms with Gasteiger partial charge in [-0.05, 0) is 61.2 Å². The molecule has 4 rings (SSSR count). The summed E-state index contributed by atoms with van der Waals surface area (Å²) in [6, 6.07) is 17.6. The number of carbonyl (C=O) groups excluding carboxylic acids is 1. The average Bonchev–Trinajstić information content (AvgIpc) is 3.28. The van der Waals surface area contributed by atoms with E-state index in [4.69, 9.17) is 21.7 Å². The summed E-state index contributed by atoms with van der Waals surface area (Å²) < 4.78 is 5.85. The van der Waals surface area contributed by atoms with E-state index in [1.807, 2.05) is 31.2 Å². The summed E-state index contributed by atoms with van der Waals surface area (Å²) in [6.45, 7) is 1.98. The third-order valence-electron chi connectivity index (χ3n) is 4.40. The first kappa shape index (κ1) is 19.2. The second kappa shape index (κ2) is 7.69. The topological polar surface area (TPSA) is 70.8 Å². The van der Waals surface area contributed by atoms with E-state index in [9.17, 15) is 9.59 Å². The van der Waals surface area contributed by atoms with Gasteiger partial charge in [0, 0.05) is 5.56 Å². The Bertz CT molecular complexity index is 1140. The number of aromatic carboxylic acids is 1. The highest BCUT2D eigenvalue weighted by molar-refractivity contribution is 8.20. The molecule has 0 unspecified atom stereocenters. The molecule has 1 saturated heterocycles. The number of anilines is 1. The minimum absolute atomic E-state index is 0.152. The van der Waals surface area contributed by atoms with E-state index in [0.717, 1.165) is 28.6 Å². The Morgan fingerprint density at radius 2 is 1.76 bits per heavy atom. The first-order valence-electron chi connectivity index (χ1n) is 8.70. The van der Waals surface area contributed by atoms with E-state index in [-0.39, 0.29) is 10.8 Å². The van der Waals surface area contributed by atoms with Crippen LogP contribution in [0.15, 0.2) is 70.0 Å². The van der Waals surface area contributed by atoms with E-state index < -0.39 is 5.97 Å². The number of hydrogen-bond donors (Lipinski definition) is 1. The maximum absolute atomic E-state index is 12.5. The molecule has 1 fully saturated rings. The lowest BCUT2D eigenvalue weighted by Gasteiger charge is -2.14. The molecule has 1 N–H and O–H groups in total. The van der Waals surface area contributed by atoms with Gasteiger partial charge in [0.25, 0.3) is 5.24 Å². The minimum atomic E-state index is -0.976. The van der Waals surface area contributed by atoms with Crippen molar-refractivity contribution in [2.75, 3.05) is 4.90 Å². The van der Waals surface area contributed by atoms with Gasteiger partial charge >= 0.3 is 5.97 Å². The van der Waals surface area contributed by atoms with Crippen LogP contribution in [0.2, 0.25) is 0 Å². The first-order chi connectivity index (χ1) is 13.9. The molecule has 144 valence electrons. The molecule has 0 aliphatic carbocycles. The summed E-state index contributed by atoms with van der Waals surface area (Å²) in [4.78, 5) is 26.0. The molecule has 0 atom stereocenters. The molecule has 7 heteroatoms. The van der Waals surface area contributed by atoms with E-state index in [1.54, 1.807) is 30.3 Å². The summed E-state index contributed by atoms with van der Waals surface area (Å²) in [6.07, 6.45) is 1.74. The van der Waals surface area contributed by atoms with Gasteiger partial charge in [0.1, 0.15) is 16.5 Å². The lowest BCUT2D eigenvalue weighted by atomic mass is 10.1. The van der Waals surface area contributed by atoms with Gasteiger partial charge in [0.15, 0.2) is 0 Å². The van der Waals surface area contributed by atoms with Gasteiger partial charge < -0.3 is 9.52 Å². The normalized spacial score (nSPS) is 15.3. The Morgan fingerprint density at radius 3 is 2.41 bits per heavy atom. The van der Waals surface area contributed by atoms with Crippen molar-refractivity contribution in [3.05, 3.63) is 82.5 Å². The zero-order chi connectivity index (χ0) is 20.5. The number of aryl methyl sites for hydroxylation is 1. The summed E-state index contributed by atoms with van der Waals surface area (Å²) in [5, 5.41) is 8.84. The molecule has 2 heterocycles. The molecule has 2 aromatic carbocycles. The van der Waals surface area contributed by atoms with Crippen LogP contribution < -0.4 is 4.90 Å². The summed E-state index contributed by atoms with van der Waals surface area (Å²) >= 11 is 6.58. The highest BCUT2D eigenvalue weighted by atomic mass is 32.2. The Kier molecular flexibility index (Phi) is 5.08. The largest absolute Gasteiger partial charge is 0.478 e. The van der Waals surface area contributed by atoms with Gasteiger partial charge in [-0.3, -0.25) is 9.69 Å². The monoisotopic (exact) mass is 421 g/mol. The van der Waals surface area contributed by atoms with Crippen molar-refractivity contribution in [3.63, 3.8) is 0 Å². The maximum atomic E-state index is 12.5. The summed E-state index contributed by atoms with van der Waals surface area (Å²) in [5.74, 6) is 0.186. The Balaban J connectivity index is 1.57. The molecule has 0 saturated carbocycles. The van der Waals surface area contributed by atoms with E-state index in [1.165, 1.54) is 17.0 Å². The van der Waals surface area contributed by atoms with Crippen LogP contribution in [0.1, 0.15) is 21.7 Å². The number of nitrogens with zero attached hydrogens (tertiary/aromatic N) is 1. The number of thioether (sulfide) groups is 1. The van der Waals surface area contributed by atoms with E-state index in [0.29, 0.717) is 21.4 Å². The molecular formula is C22H15NO4S2. The quantitative estimate of drug-likeness (QED) is 0.412. The summed E-state index contributed by atoms with van der Waals surface area (Å²) in [5.41, 5.74) is 2.82. The lowest BCUT2D eigenvalue weighted by molar-refractivity contribution is 0.0697. The number of carboxylic acids is 1. The second-order valence-electron chi connectivity index (χ2n) is 6.44. The predicted molar refractivity (Wildman–Crippen MR) is 118 cm³/mol. The molecule has 3 aromatic rings.